The number of ether oxygens (including phenoxy) is 1. The quantitative estimate of drug-likeness (QED) is 0.573. The van der Waals surface area contributed by atoms with Crippen molar-refractivity contribution in [2.75, 3.05) is 37.5 Å². The molecule has 1 saturated heterocycles. The Balaban J connectivity index is 1.61. The Hall–Kier alpha value is -2.58. The molecule has 1 fully saturated rings. The van der Waals surface area contributed by atoms with Crippen LogP contribution in [-0.4, -0.2) is 47.1 Å². The molecule has 1 aliphatic rings. The molecule has 1 aliphatic heterocycles. The van der Waals surface area contributed by atoms with Gasteiger partial charge in [-0.3, -0.25) is 9.52 Å². The zero-order chi connectivity index (χ0) is 20.7. The lowest BCUT2D eigenvalue weighted by atomic mass is 10.2. The van der Waals surface area contributed by atoms with Gasteiger partial charge in [-0.1, -0.05) is 6.07 Å². The van der Waals surface area contributed by atoms with E-state index >= 15 is 0 Å². The van der Waals surface area contributed by atoms with Gasteiger partial charge in [-0.05, 0) is 49.4 Å². The fourth-order valence-electron chi connectivity index (χ4n) is 3.40. The van der Waals surface area contributed by atoms with Crippen LogP contribution in [0.3, 0.4) is 0 Å². The van der Waals surface area contributed by atoms with Crippen LogP contribution in [0.25, 0.3) is 0 Å². The van der Waals surface area contributed by atoms with Gasteiger partial charge in [0.2, 0.25) is 0 Å². The maximum atomic E-state index is 12.6. The number of nitrogens with one attached hydrogen (secondary N) is 3. The second-order valence-corrected chi connectivity index (χ2v) is 8.74. The maximum absolute atomic E-state index is 12.6. The van der Waals surface area contributed by atoms with Crippen LogP contribution in [0.1, 0.15) is 30.1 Å². The third-order valence-corrected chi connectivity index (χ3v) is 6.29. The summed E-state index contributed by atoms with van der Waals surface area (Å²) < 4.78 is 33.1. The summed E-state index contributed by atoms with van der Waals surface area (Å²) in [6, 6.07) is 12.7. The van der Waals surface area contributed by atoms with Crippen molar-refractivity contribution in [2.45, 2.75) is 24.7 Å². The Morgan fingerprint density at radius 2 is 1.83 bits per heavy atom. The number of hydrogen-bond acceptors (Lipinski definition) is 4. The van der Waals surface area contributed by atoms with Crippen LogP contribution in [0, 0.1) is 0 Å². The molecule has 0 saturated carbocycles. The van der Waals surface area contributed by atoms with Gasteiger partial charge in [-0.15, -0.1) is 0 Å². The highest BCUT2D eigenvalue weighted by atomic mass is 32.2. The molecular weight excluding hydrogens is 390 g/mol. The zero-order valence-corrected chi connectivity index (χ0v) is 17.4. The molecule has 0 bridgehead atoms. The van der Waals surface area contributed by atoms with Crippen LogP contribution in [-0.2, 0) is 10.0 Å². The van der Waals surface area contributed by atoms with Crippen LogP contribution in [0.2, 0.25) is 0 Å². The first-order chi connectivity index (χ1) is 14.0. The molecule has 0 spiro atoms. The number of hydrogen-bond donors (Lipinski definition) is 3. The van der Waals surface area contributed by atoms with Gasteiger partial charge in [-0.25, -0.2) is 8.42 Å². The summed E-state index contributed by atoms with van der Waals surface area (Å²) in [5, 5.41) is 2.91. The van der Waals surface area contributed by atoms with Crippen molar-refractivity contribution in [1.82, 2.24) is 5.32 Å². The lowest BCUT2D eigenvalue weighted by molar-refractivity contribution is -0.886. The molecule has 29 heavy (non-hydrogen) atoms. The summed E-state index contributed by atoms with van der Waals surface area (Å²) in [5.41, 5.74) is 0.769. The minimum absolute atomic E-state index is 0.129. The van der Waals surface area contributed by atoms with Crippen LogP contribution in [0.5, 0.6) is 5.75 Å². The van der Waals surface area contributed by atoms with Gasteiger partial charge in [-0.2, -0.15) is 0 Å². The van der Waals surface area contributed by atoms with Crippen molar-refractivity contribution < 1.29 is 22.8 Å². The predicted molar refractivity (Wildman–Crippen MR) is 112 cm³/mol. The maximum Gasteiger partial charge on any atom is 0.261 e. The van der Waals surface area contributed by atoms with Gasteiger partial charge in [0.25, 0.3) is 15.9 Å². The number of rotatable bonds is 9. The number of anilines is 1. The van der Waals surface area contributed by atoms with Crippen LogP contribution in [0.4, 0.5) is 5.69 Å². The Morgan fingerprint density at radius 3 is 2.52 bits per heavy atom. The third-order valence-electron chi connectivity index (χ3n) is 4.90. The Morgan fingerprint density at radius 1 is 1.10 bits per heavy atom. The van der Waals surface area contributed by atoms with E-state index in [1.165, 1.54) is 43.0 Å². The van der Waals surface area contributed by atoms with Gasteiger partial charge in [0, 0.05) is 24.1 Å². The highest BCUT2D eigenvalue weighted by Crippen LogP contribution is 2.20. The molecule has 1 amide bonds. The van der Waals surface area contributed by atoms with E-state index in [0.717, 1.165) is 6.54 Å². The average molecular weight is 419 g/mol. The Kier molecular flexibility index (Phi) is 7.11. The fraction of sp³-hybridized carbons (Fsp3) is 0.381. The molecule has 7 nitrogen and oxygen atoms in total. The van der Waals surface area contributed by atoms with Crippen LogP contribution in [0.15, 0.2) is 53.4 Å². The summed E-state index contributed by atoms with van der Waals surface area (Å²) in [4.78, 5) is 14.0. The molecule has 0 aliphatic carbocycles. The number of likely N-dealkylation sites (tertiary alicyclic amines) is 1. The van der Waals surface area contributed by atoms with E-state index < -0.39 is 10.0 Å². The Bertz CT molecular complexity index is 923. The van der Waals surface area contributed by atoms with Crippen molar-refractivity contribution in [1.29, 1.82) is 0 Å². The minimum Gasteiger partial charge on any atom is -0.494 e. The topological polar surface area (TPSA) is 88.9 Å². The molecular formula is C21H28N3O4S+. The second-order valence-electron chi connectivity index (χ2n) is 7.05. The van der Waals surface area contributed by atoms with Crippen molar-refractivity contribution in [3.8, 4) is 5.75 Å². The molecule has 0 aromatic heterocycles. The van der Waals surface area contributed by atoms with Crippen LogP contribution >= 0.6 is 0 Å². The average Bonchev–Trinajstić information content (AvgIpc) is 3.22. The standard InChI is InChI=1S/C21H27N3O4S/c1-2-28-19-8-10-20(11-9-19)29(26,27)23-18-7-5-6-17(16-18)21(25)22-12-15-24-13-3-4-14-24/h5-11,16,23H,2-4,12-15H2,1H3,(H,22,25)/p+1. The summed E-state index contributed by atoms with van der Waals surface area (Å²) >= 11 is 0. The first-order valence-corrected chi connectivity index (χ1v) is 11.4. The smallest absolute Gasteiger partial charge is 0.261 e. The summed E-state index contributed by atoms with van der Waals surface area (Å²) in [6.07, 6.45) is 2.50. The minimum atomic E-state index is -3.76. The molecule has 0 radical (unpaired) electrons. The molecule has 8 heteroatoms. The molecule has 3 rings (SSSR count). The number of carbonyl (C=O) groups is 1. The van der Waals surface area contributed by atoms with E-state index in [4.69, 9.17) is 4.74 Å². The molecule has 1 heterocycles. The van der Waals surface area contributed by atoms with E-state index in [0.29, 0.717) is 30.2 Å². The van der Waals surface area contributed by atoms with Gasteiger partial charge in [0.05, 0.1) is 37.7 Å². The van der Waals surface area contributed by atoms with E-state index in [9.17, 15) is 13.2 Å². The number of sulfonamides is 1. The van der Waals surface area contributed by atoms with Crippen molar-refractivity contribution in [3.05, 3.63) is 54.1 Å². The normalized spacial score (nSPS) is 14.5. The third kappa shape index (κ3) is 5.95. The first kappa shape index (κ1) is 21.1. The number of carbonyl (C=O) groups excluding carboxylic acids is 1. The van der Waals surface area contributed by atoms with Gasteiger partial charge >= 0.3 is 0 Å². The lowest BCUT2D eigenvalue weighted by Gasteiger charge is -2.13. The van der Waals surface area contributed by atoms with E-state index in [1.54, 1.807) is 36.4 Å². The lowest BCUT2D eigenvalue weighted by Crippen LogP contribution is -3.10. The fourth-order valence-corrected chi connectivity index (χ4v) is 4.45. The van der Waals surface area contributed by atoms with Gasteiger partial charge in [0.1, 0.15) is 5.75 Å². The van der Waals surface area contributed by atoms with E-state index in [1.807, 2.05) is 6.92 Å². The van der Waals surface area contributed by atoms with E-state index in [2.05, 4.69) is 10.0 Å². The number of benzene rings is 2. The first-order valence-electron chi connectivity index (χ1n) is 9.95. The van der Waals surface area contributed by atoms with Crippen molar-refractivity contribution in [3.63, 3.8) is 0 Å². The highest BCUT2D eigenvalue weighted by molar-refractivity contribution is 7.92. The summed E-state index contributed by atoms with van der Waals surface area (Å²) in [5.74, 6) is 0.409. The largest absolute Gasteiger partial charge is 0.494 e. The monoisotopic (exact) mass is 418 g/mol. The summed E-state index contributed by atoms with van der Waals surface area (Å²) in [6.45, 7) is 6.23. The predicted octanol–water partition coefficient (Wildman–Crippen LogP) is 1.29. The van der Waals surface area contributed by atoms with E-state index in [-0.39, 0.29) is 10.8 Å². The summed E-state index contributed by atoms with van der Waals surface area (Å²) in [7, 11) is -3.76. The highest BCUT2D eigenvalue weighted by Gasteiger charge is 2.17. The Labute approximate surface area is 172 Å². The van der Waals surface area contributed by atoms with Gasteiger partial charge < -0.3 is 15.0 Å². The molecule has 3 N–H and O–H groups in total. The molecule has 2 aromatic carbocycles. The zero-order valence-electron chi connectivity index (χ0n) is 16.6. The molecule has 0 atom stereocenters. The second kappa shape index (κ2) is 9.76. The SMILES string of the molecule is CCOc1ccc(S(=O)(=O)Nc2cccc(C(=O)NCC[NH+]3CCCC3)c2)cc1. The molecule has 2 aromatic rings. The van der Waals surface area contributed by atoms with Crippen molar-refractivity contribution in [2.24, 2.45) is 0 Å². The molecule has 156 valence electrons. The number of amides is 1. The molecule has 0 unspecified atom stereocenters. The van der Waals surface area contributed by atoms with Gasteiger partial charge in [0.15, 0.2) is 0 Å². The van der Waals surface area contributed by atoms with Crippen molar-refractivity contribution >= 4 is 21.6 Å². The number of quaternary nitrogens is 1. The van der Waals surface area contributed by atoms with Crippen LogP contribution < -0.4 is 19.7 Å².